The topological polar surface area (TPSA) is 64.9 Å². The minimum Gasteiger partial charge on any atom is -0.381 e. The highest BCUT2D eigenvalue weighted by Gasteiger charge is 2.39. The fraction of sp³-hybridized carbons (Fsp3) is 0.760. The SMILES string of the molecule is COC1CCC(N(C)c2cc(N3C4CCC3COC4)nc3c2cnn3C2CCCCO2)CC1. The van der Waals surface area contributed by atoms with Gasteiger partial charge >= 0.3 is 0 Å². The molecule has 1 aliphatic carbocycles. The van der Waals surface area contributed by atoms with Crippen LogP contribution in [0.25, 0.3) is 11.0 Å². The van der Waals surface area contributed by atoms with Crippen molar-refractivity contribution in [2.75, 3.05) is 43.8 Å². The van der Waals surface area contributed by atoms with Gasteiger partial charge in [0.25, 0.3) is 0 Å². The van der Waals surface area contributed by atoms with Gasteiger partial charge in [0.2, 0.25) is 0 Å². The van der Waals surface area contributed by atoms with Crippen LogP contribution >= 0.6 is 0 Å². The molecule has 2 aromatic heterocycles. The Balaban J connectivity index is 1.40. The van der Waals surface area contributed by atoms with E-state index in [0.717, 1.165) is 75.2 Å². The zero-order valence-electron chi connectivity index (χ0n) is 20.0. The number of morpholine rings is 1. The van der Waals surface area contributed by atoms with Gasteiger partial charge in [-0.25, -0.2) is 9.67 Å². The van der Waals surface area contributed by atoms with Crippen LogP contribution in [0.1, 0.15) is 64.0 Å². The molecule has 2 aromatic rings. The van der Waals surface area contributed by atoms with E-state index in [-0.39, 0.29) is 6.23 Å². The van der Waals surface area contributed by atoms with E-state index in [4.69, 9.17) is 24.3 Å². The lowest BCUT2D eigenvalue weighted by Gasteiger charge is -2.38. The van der Waals surface area contributed by atoms with Gasteiger partial charge in [-0.2, -0.15) is 5.10 Å². The van der Waals surface area contributed by atoms with Crippen LogP contribution in [0.15, 0.2) is 12.3 Å². The normalized spacial score (nSPS) is 32.4. The van der Waals surface area contributed by atoms with Crippen molar-refractivity contribution in [2.45, 2.75) is 88.2 Å². The average molecular weight is 456 g/mol. The van der Waals surface area contributed by atoms with Crippen LogP contribution in [0.4, 0.5) is 11.5 Å². The van der Waals surface area contributed by atoms with E-state index in [0.29, 0.717) is 24.2 Å². The zero-order valence-corrected chi connectivity index (χ0v) is 20.0. The van der Waals surface area contributed by atoms with Crippen molar-refractivity contribution >= 4 is 22.5 Å². The van der Waals surface area contributed by atoms with Crippen molar-refractivity contribution in [1.29, 1.82) is 0 Å². The van der Waals surface area contributed by atoms with Crippen LogP contribution in [-0.4, -0.2) is 73.0 Å². The maximum Gasteiger partial charge on any atom is 0.164 e. The van der Waals surface area contributed by atoms with E-state index in [1.54, 1.807) is 0 Å². The Bertz CT molecular complexity index is 950. The molecule has 8 heteroatoms. The van der Waals surface area contributed by atoms with Crippen molar-refractivity contribution in [3.8, 4) is 0 Å². The number of hydrogen-bond donors (Lipinski definition) is 0. The smallest absolute Gasteiger partial charge is 0.164 e. The Morgan fingerprint density at radius 1 is 1.03 bits per heavy atom. The van der Waals surface area contributed by atoms with E-state index in [9.17, 15) is 0 Å². The Kier molecular flexibility index (Phi) is 5.92. The molecule has 0 amide bonds. The number of fused-ring (bicyclic) bond motifs is 3. The third-order valence-electron chi connectivity index (χ3n) is 8.37. The second kappa shape index (κ2) is 9.04. The van der Waals surface area contributed by atoms with Gasteiger partial charge in [-0.05, 0) is 57.8 Å². The molecule has 6 rings (SSSR count). The van der Waals surface area contributed by atoms with Crippen LogP contribution in [-0.2, 0) is 14.2 Å². The van der Waals surface area contributed by atoms with Gasteiger partial charge < -0.3 is 24.0 Å². The molecule has 1 saturated carbocycles. The molecule has 4 aliphatic rings. The number of rotatable bonds is 5. The summed E-state index contributed by atoms with van der Waals surface area (Å²) >= 11 is 0. The van der Waals surface area contributed by atoms with Crippen molar-refractivity contribution in [3.05, 3.63) is 12.3 Å². The zero-order chi connectivity index (χ0) is 22.4. The largest absolute Gasteiger partial charge is 0.381 e. The van der Waals surface area contributed by atoms with E-state index < -0.39 is 0 Å². The summed E-state index contributed by atoms with van der Waals surface area (Å²) in [6.45, 7) is 2.40. The molecule has 33 heavy (non-hydrogen) atoms. The maximum atomic E-state index is 6.11. The monoisotopic (exact) mass is 455 g/mol. The molecule has 0 aromatic carbocycles. The van der Waals surface area contributed by atoms with Gasteiger partial charge in [-0.15, -0.1) is 0 Å². The Morgan fingerprint density at radius 2 is 1.82 bits per heavy atom. The summed E-state index contributed by atoms with van der Waals surface area (Å²) in [6, 6.07) is 3.66. The Morgan fingerprint density at radius 3 is 2.52 bits per heavy atom. The van der Waals surface area contributed by atoms with Gasteiger partial charge in [0.05, 0.1) is 48.7 Å². The predicted octanol–water partition coefficient (Wildman–Crippen LogP) is 3.89. The van der Waals surface area contributed by atoms with E-state index in [1.807, 2.05) is 18.0 Å². The van der Waals surface area contributed by atoms with E-state index in [1.165, 1.54) is 24.9 Å². The number of nitrogens with zero attached hydrogens (tertiary/aromatic N) is 5. The molecule has 2 bridgehead atoms. The first-order chi connectivity index (χ1) is 16.2. The summed E-state index contributed by atoms with van der Waals surface area (Å²) in [4.78, 5) is 10.2. The highest BCUT2D eigenvalue weighted by Crippen LogP contribution is 2.39. The van der Waals surface area contributed by atoms with Gasteiger partial charge in [-0.3, -0.25) is 0 Å². The van der Waals surface area contributed by atoms with Crippen LogP contribution < -0.4 is 9.80 Å². The molecule has 0 N–H and O–H groups in total. The fourth-order valence-electron chi connectivity index (χ4n) is 6.41. The van der Waals surface area contributed by atoms with E-state index >= 15 is 0 Å². The van der Waals surface area contributed by atoms with Gasteiger partial charge in [0, 0.05) is 32.9 Å². The lowest BCUT2D eigenvalue weighted by Crippen LogP contribution is -2.46. The van der Waals surface area contributed by atoms with Gasteiger partial charge in [-0.1, -0.05) is 0 Å². The summed E-state index contributed by atoms with van der Waals surface area (Å²) in [6.07, 6.45) is 12.6. The molecule has 4 fully saturated rings. The quantitative estimate of drug-likeness (QED) is 0.678. The summed E-state index contributed by atoms with van der Waals surface area (Å²) in [5.41, 5.74) is 2.20. The molecule has 3 aliphatic heterocycles. The third kappa shape index (κ3) is 3.90. The first kappa shape index (κ1) is 21.6. The molecule has 0 radical (unpaired) electrons. The minimum absolute atomic E-state index is 0.0179. The van der Waals surface area contributed by atoms with Crippen molar-refractivity contribution in [1.82, 2.24) is 14.8 Å². The van der Waals surface area contributed by atoms with Crippen LogP contribution in [0, 0.1) is 0 Å². The van der Waals surface area contributed by atoms with Crippen LogP contribution in [0.3, 0.4) is 0 Å². The lowest BCUT2D eigenvalue weighted by molar-refractivity contribution is -0.0370. The number of hydrogen-bond acceptors (Lipinski definition) is 7. The highest BCUT2D eigenvalue weighted by atomic mass is 16.5. The fourth-order valence-corrected chi connectivity index (χ4v) is 6.41. The van der Waals surface area contributed by atoms with Crippen molar-refractivity contribution in [3.63, 3.8) is 0 Å². The molecule has 3 atom stereocenters. The second-order valence-electron chi connectivity index (χ2n) is 10.3. The summed E-state index contributed by atoms with van der Waals surface area (Å²) in [5, 5.41) is 5.94. The van der Waals surface area contributed by atoms with Crippen LogP contribution in [0.5, 0.6) is 0 Å². The van der Waals surface area contributed by atoms with E-state index in [2.05, 4.69) is 22.9 Å². The number of aromatic nitrogens is 3. The molecule has 0 spiro atoms. The number of ether oxygens (including phenoxy) is 3. The second-order valence-corrected chi connectivity index (χ2v) is 10.3. The average Bonchev–Trinajstić information content (AvgIpc) is 3.41. The number of anilines is 2. The van der Waals surface area contributed by atoms with Crippen molar-refractivity contribution < 1.29 is 14.2 Å². The number of pyridine rings is 1. The summed E-state index contributed by atoms with van der Waals surface area (Å²) in [5.74, 6) is 1.07. The van der Waals surface area contributed by atoms with Crippen molar-refractivity contribution in [2.24, 2.45) is 0 Å². The van der Waals surface area contributed by atoms with Gasteiger partial charge in [0.1, 0.15) is 5.82 Å². The molecular formula is C25H37N5O3. The number of methoxy groups -OCH3 is 1. The molecule has 8 nitrogen and oxygen atoms in total. The predicted molar refractivity (Wildman–Crippen MR) is 128 cm³/mol. The Hall–Kier alpha value is -1.90. The molecule has 180 valence electrons. The first-order valence-corrected chi connectivity index (χ1v) is 12.8. The summed E-state index contributed by atoms with van der Waals surface area (Å²) in [7, 11) is 4.09. The minimum atomic E-state index is -0.0179. The molecule has 5 heterocycles. The summed E-state index contributed by atoms with van der Waals surface area (Å²) < 4.78 is 19.6. The molecular weight excluding hydrogens is 418 g/mol. The third-order valence-corrected chi connectivity index (χ3v) is 8.37. The first-order valence-electron chi connectivity index (χ1n) is 12.8. The molecule has 3 unspecified atom stereocenters. The highest BCUT2D eigenvalue weighted by molar-refractivity contribution is 5.91. The van der Waals surface area contributed by atoms with Gasteiger partial charge in [0.15, 0.2) is 11.9 Å². The lowest BCUT2D eigenvalue weighted by atomic mass is 9.91. The Labute approximate surface area is 196 Å². The molecule has 3 saturated heterocycles. The maximum absolute atomic E-state index is 6.11. The standard InChI is InChI=1S/C25H37N5O3/c1-28(17-8-10-20(31-2)11-9-17)22-13-23(29-18-6-7-19(29)16-32-15-18)27-25-21(22)14-26-30(25)24-5-3-4-12-33-24/h13-14,17-20,24H,3-12,15-16H2,1-2H3. The van der Waals surface area contributed by atoms with Crippen LogP contribution in [0.2, 0.25) is 0 Å².